The Labute approximate surface area is 174 Å². The molecule has 2 aliphatic heterocycles. The number of fused-ring (bicyclic) bond motifs is 1. The molecule has 4 rings (SSSR count). The van der Waals surface area contributed by atoms with Crippen LogP contribution in [-0.2, 0) is 30.5 Å². The summed E-state index contributed by atoms with van der Waals surface area (Å²) in [6, 6.07) is 18.9. The molecule has 6 heteroatoms. The van der Waals surface area contributed by atoms with Crippen molar-refractivity contribution in [3.05, 3.63) is 89.7 Å². The van der Waals surface area contributed by atoms with E-state index >= 15 is 0 Å². The first kappa shape index (κ1) is 19.6. The zero-order valence-corrected chi connectivity index (χ0v) is 16.3. The van der Waals surface area contributed by atoms with Crippen LogP contribution in [0.5, 0.6) is 0 Å². The molecule has 2 atom stereocenters. The average molecular weight is 403 g/mol. The highest BCUT2D eigenvalue weighted by Crippen LogP contribution is 2.47. The number of esters is 1. The third-order valence-corrected chi connectivity index (χ3v) is 5.28. The van der Waals surface area contributed by atoms with E-state index in [2.05, 4.69) is 0 Å². The molecule has 152 valence electrons. The van der Waals surface area contributed by atoms with Crippen molar-refractivity contribution >= 4 is 24.2 Å². The standard InChI is InChI=1S/C24H21NO5/c26-15-13-20-24(25-21(27)16-22(25)30-20,14-7-12-18-8-3-1-4-9-18)23(28)29-17-19-10-5-2-6-11-19/h1-13,15,22H,14,16-17H2/b12-7+,20-13-/t22-,24?/m1/s1. The van der Waals surface area contributed by atoms with Gasteiger partial charge in [-0.15, -0.1) is 0 Å². The fraction of sp³-hybridized carbons (Fsp3) is 0.208. The molecule has 2 aromatic rings. The molecule has 0 radical (unpaired) electrons. The van der Waals surface area contributed by atoms with E-state index in [1.807, 2.05) is 66.7 Å². The Morgan fingerprint density at radius 3 is 2.50 bits per heavy atom. The van der Waals surface area contributed by atoms with Crippen LogP contribution in [-0.4, -0.2) is 34.8 Å². The van der Waals surface area contributed by atoms with Crippen LogP contribution in [0.1, 0.15) is 24.0 Å². The fourth-order valence-corrected chi connectivity index (χ4v) is 3.80. The number of rotatable bonds is 7. The van der Waals surface area contributed by atoms with Crippen molar-refractivity contribution < 1.29 is 23.9 Å². The molecule has 0 aliphatic carbocycles. The zero-order chi connectivity index (χ0) is 21.0. The number of amides is 1. The SMILES string of the molecule is O=C/C=C1\O[C@@H]2CC(=O)N2C1(C/C=C/c1ccccc1)C(=O)OCc1ccccc1. The molecule has 2 aliphatic rings. The number of hydrogen-bond acceptors (Lipinski definition) is 5. The first-order valence-electron chi connectivity index (χ1n) is 9.72. The van der Waals surface area contributed by atoms with Crippen LogP contribution >= 0.6 is 0 Å². The summed E-state index contributed by atoms with van der Waals surface area (Å²) >= 11 is 0. The molecule has 6 nitrogen and oxygen atoms in total. The fourth-order valence-electron chi connectivity index (χ4n) is 3.80. The quantitative estimate of drug-likeness (QED) is 0.307. The van der Waals surface area contributed by atoms with E-state index in [0.29, 0.717) is 6.29 Å². The van der Waals surface area contributed by atoms with E-state index in [4.69, 9.17) is 9.47 Å². The number of hydrogen-bond donors (Lipinski definition) is 0. The topological polar surface area (TPSA) is 72.9 Å². The lowest BCUT2D eigenvalue weighted by Crippen LogP contribution is -2.62. The summed E-state index contributed by atoms with van der Waals surface area (Å²) in [5.74, 6) is -0.684. The van der Waals surface area contributed by atoms with Crippen molar-refractivity contribution in [3.8, 4) is 0 Å². The van der Waals surface area contributed by atoms with Gasteiger partial charge in [0, 0.05) is 12.5 Å². The summed E-state index contributed by atoms with van der Waals surface area (Å²) in [7, 11) is 0. The van der Waals surface area contributed by atoms with Gasteiger partial charge in [-0.25, -0.2) is 4.79 Å². The predicted molar refractivity (Wildman–Crippen MR) is 110 cm³/mol. The number of carbonyl (C=O) groups is 3. The van der Waals surface area contributed by atoms with Crippen LogP contribution in [0.15, 0.2) is 78.6 Å². The molecule has 2 heterocycles. The Morgan fingerprint density at radius 2 is 1.83 bits per heavy atom. The van der Waals surface area contributed by atoms with Gasteiger partial charge in [-0.1, -0.05) is 72.8 Å². The van der Waals surface area contributed by atoms with Crippen molar-refractivity contribution in [3.63, 3.8) is 0 Å². The van der Waals surface area contributed by atoms with Gasteiger partial charge in [0.2, 0.25) is 11.4 Å². The van der Waals surface area contributed by atoms with Crippen LogP contribution in [0.4, 0.5) is 0 Å². The monoisotopic (exact) mass is 403 g/mol. The van der Waals surface area contributed by atoms with E-state index in [1.165, 1.54) is 11.0 Å². The molecule has 30 heavy (non-hydrogen) atoms. The third-order valence-electron chi connectivity index (χ3n) is 5.28. The molecule has 0 aromatic heterocycles. The van der Waals surface area contributed by atoms with Crippen LogP contribution in [0.2, 0.25) is 0 Å². The lowest BCUT2D eigenvalue weighted by Gasteiger charge is -2.40. The maximum atomic E-state index is 13.3. The van der Waals surface area contributed by atoms with Gasteiger partial charge in [-0.2, -0.15) is 0 Å². The summed E-state index contributed by atoms with van der Waals surface area (Å²) in [4.78, 5) is 38.3. The number of carbonyl (C=O) groups excluding carboxylic acids is 3. The number of β-lactam (4-membered cyclic amide) rings is 1. The molecule has 0 spiro atoms. The highest BCUT2D eigenvalue weighted by molar-refractivity contribution is 5.96. The van der Waals surface area contributed by atoms with Gasteiger partial charge in [0.1, 0.15) is 18.7 Å². The minimum absolute atomic E-state index is 0.0604. The Balaban J connectivity index is 1.64. The van der Waals surface area contributed by atoms with Crippen LogP contribution in [0.3, 0.4) is 0 Å². The minimum atomic E-state index is -1.49. The van der Waals surface area contributed by atoms with Gasteiger partial charge in [-0.3, -0.25) is 14.5 Å². The molecule has 0 N–H and O–H groups in total. The van der Waals surface area contributed by atoms with Gasteiger partial charge in [0.15, 0.2) is 6.23 Å². The maximum absolute atomic E-state index is 13.3. The molecular formula is C24H21NO5. The van der Waals surface area contributed by atoms with Crippen molar-refractivity contribution in [2.75, 3.05) is 0 Å². The molecular weight excluding hydrogens is 382 g/mol. The first-order chi connectivity index (χ1) is 14.6. The predicted octanol–water partition coefficient (Wildman–Crippen LogP) is 3.24. The first-order valence-corrected chi connectivity index (χ1v) is 9.72. The molecule has 1 unspecified atom stereocenters. The lowest BCUT2D eigenvalue weighted by molar-refractivity contribution is -0.174. The van der Waals surface area contributed by atoms with E-state index < -0.39 is 17.7 Å². The number of nitrogens with zero attached hydrogens (tertiary/aromatic N) is 1. The molecule has 2 aromatic carbocycles. The average Bonchev–Trinajstić information content (AvgIpc) is 3.02. The minimum Gasteiger partial charge on any atom is -0.471 e. The van der Waals surface area contributed by atoms with Crippen LogP contribution < -0.4 is 0 Å². The Morgan fingerprint density at radius 1 is 1.13 bits per heavy atom. The molecule has 2 fully saturated rings. The Hall–Kier alpha value is -3.67. The molecule has 2 saturated heterocycles. The van der Waals surface area contributed by atoms with Crippen molar-refractivity contribution in [1.82, 2.24) is 4.90 Å². The second-order valence-corrected chi connectivity index (χ2v) is 7.15. The number of ether oxygens (including phenoxy) is 2. The smallest absolute Gasteiger partial charge is 0.340 e. The van der Waals surface area contributed by atoms with Crippen molar-refractivity contribution in [2.45, 2.75) is 31.2 Å². The third kappa shape index (κ3) is 3.52. The lowest BCUT2D eigenvalue weighted by atomic mass is 9.87. The van der Waals surface area contributed by atoms with Crippen LogP contribution in [0, 0.1) is 0 Å². The van der Waals surface area contributed by atoms with Gasteiger partial charge in [0.25, 0.3) is 0 Å². The van der Waals surface area contributed by atoms with Crippen molar-refractivity contribution in [2.24, 2.45) is 0 Å². The Kier molecular flexibility index (Phi) is 5.48. The summed E-state index contributed by atoms with van der Waals surface area (Å²) in [5, 5.41) is 0. The number of aldehydes is 1. The normalized spacial score (nSPS) is 23.7. The van der Waals surface area contributed by atoms with E-state index in [9.17, 15) is 14.4 Å². The van der Waals surface area contributed by atoms with E-state index in [0.717, 1.165) is 11.1 Å². The summed E-state index contributed by atoms with van der Waals surface area (Å²) in [5.41, 5.74) is 0.296. The number of allylic oxidation sites excluding steroid dienone is 1. The summed E-state index contributed by atoms with van der Waals surface area (Å²) in [6.45, 7) is 0.0604. The van der Waals surface area contributed by atoms with E-state index in [1.54, 1.807) is 6.08 Å². The summed E-state index contributed by atoms with van der Waals surface area (Å²) in [6.07, 6.45) is 5.18. The van der Waals surface area contributed by atoms with Gasteiger partial charge in [-0.05, 0) is 11.1 Å². The zero-order valence-electron chi connectivity index (χ0n) is 16.3. The van der Waals surface area contributed by atoms with Crippen molar-refractivity contribution in [1.29, 1.82) is 0 Å². The molecule has 0 bridgehead atoms. The molecule has 0 saturated carbocycles. The van der Waals surface area contributed by atoms with Gasteiger partial charge >= 0.3 is 5.97 Å². The Bertz CT molecular complexity index is 999. The second kappa shape index (κ2) is 8.37. The largest absolute Gasteiger partial charge is 0.471 e. The summed E-state index contributed by atoms with van der Waals surface area (Å²) < 4.78 is 11.4. The van der Waals surface area contributed by atoms with E-state index in [-0.39, 0.29) is 31.1 Å². The molecule has 1 amide bonds. The number of benzene rings is 2. The van der Waals surface area contributed by atoms with Gasteiger partial charge in [0.05, 0.1) is 6.42 Å². The van der Waals surface area contributed by atoms with Gasteiger partial charge < -0.3 is 9.47 Å². The maximum Gasteiger partial charge on any atom is 0.340 e. The van der Waals surface area contributed by atoms with Crippen LogP contribution in [0.25, 0.3) is 6.08 Å². The highest BCUT2D eigenvalue weighted by atomic mass is 16.6. The highest BCUT2D eigenvalue weighted by Gasteiger charge is 2.64. The second-order valence-electron chi connectivity index (χ2n) is 7.15.